The molecule has 2 atom stereocenters. The van der Waals surface area contributed by atoms with Gasteiger partial charge < -0.3 is 14.8 Å². The maximum atomic E-state index is 12.5. The first kappa shape index (κ1) is 16.0. The molecule has 0 aliphatic carbocycles. The van der Waals surface area contributed by atoms with E-state index >= 15 is 0 Å². The van der Waals surface area contributed by atoms with E-state index in [0.29, 0.717) is 24.1 Å². The van der Waals surface area contributed by atoms with Crippen molar-refractivity contribution in [3.63, 3.8) is 0 Å². The number of hydrogen-bond acceptors (Lipinski definition) is 6. The van der Waals surface area contributed by atoms with Gasteiger partial charge in [-0.15, -0.1) is 0 Å². The Balaban J connectivity index is 2.43. The molecule has 8 heteroatoms. The first-order chi connectivity index (χ1) is 10.4. The second-order valence-electron chi connectivity index (χ2n) is 5.16. The van der Waals surface area contributed by atoms with Crippen LogP contribution in [0.25, 0.3) is 0 Å². The molecule has 2 amide bonds. The highest BCUT2D eigenvalue weighted by molar-refractivity contribution is 5.99. The predicted octanol–water partition coefficient (Wildman–Crippen LogP) is -0.514. The number of allylic oxidation sites excluding steroid dienone is 1. The van der Waals surface area contributed by atoms with E-state index in [1.807, 2.05) is 0 Å². The van der Waals surface area contributed by atoms with Crippen molar-refractivity contribution in [2.45, 2.75) is 38.3 Å². The van der Waals surface area contributed by atoms with Crippen molar-refractivity contribution in [1.29, 1.82) is 0 Å². The van der Waals surface area contributed by atoms with Gasteiger partial charge in [-0.25, -0.2) is 9.59 Å². The zero-order valence-electron chi connectivity index (χ0n) is 12.7. The molecule has 2 heterocycles. The third kappa shape index (κ3) is 2.68. The molecule has 0 aromatic heterocycles. The summed E-state index contributed by atoms with van der Waals surface area (Å²) in [4.78, 5) is 48.9. The summed E-state index contributed by atoms with van der Waals surface area (Å²) in [5.41, 5.74) is 0.793. The largest absolute Gasteiger partial charge is 0.467 e. The third-order valence-corrected chi connectivity index (χ3v) is 3.83. The molecule has 0 aromatic rings. The van der Waals surface area contributed by atoms with Gasteiger partial charge in [-0.3, -0.25) is 14.5 Å². The molecule has 0 saturated carbocycles. The number of fused-ring (bicyclic) bond motifs is 1. The van der Waals surface area contributed by atoms with Crippen molar-refractivity contribution in [2.24, 2.45) is 0 Å². The van der Waals surface area contributed by atoms with Gasteiger partial charge in [-0.1, -0.05) is 0 Å². The van der Waals surface area contributed by atoms with E-state index in [9.17, 15) is 19.2 Å². The predicted molar refractivity (Wildman–Crippen MR) is 73.1 cm³/mol. The van der Waals surface area contributed by atoms with E-state index < -0.39 is 29.9 Å². The topological polar surface area (TPSA) is 102 Å². The number of carbonyl (C=O) groups is 4. The van der Waals surface area contributed by atoms with Crippen LogP contribution in [0.2, 0.25) is 0 Å². The second kappa shape index (κ2) is 6.17. The fraction of sp³-hybridized carbons (Fsp3) is 0.571. The Morgan fingerprint density at radius 1 is 1.23 bits per heavy atom. The smallest absolute Gasteiger partial charge is 0.335 e. The lowest BCUT2D eigenvalue weighted by molar-refractivity contribution is -0.151. The first-order valence-electron chi connectivity index (χ1n) is 6.89. The van der Waals surface area contributed by atoms with Crippen LogP contribution in [0.15, 0.2) is 11.3 Å². The molecule has 1 saturated heterocycles. The molecule has 0 aromatic carbocycles. The molecule has 2 aliphatic rings. The number of rotatable bonds is 3. The maximum Gasteiger partial charge on any atom is 0.335 e. The van der Waals surface area contributed by atoms with E-state index in [1.165, 1.54) is 26.0 Å². The van der Waals surface area contributed by atoms with E-state index in [-0.39, 0.29) is 12.3 Å². The molecular weight excluding hydrogens is 292 g/mol. The monoisotopic (exact) mass is 310 g/mol. The number of esters is 2. The Labute approximate surface area is 127 Å². The second-order valence-corrected chi connectivity index (χ2v) is 5.16. The number of ether oxygens (including phenoxy) is 2. The van der Waals surface area contributed by atoms with Crippen LogP contribution in [0.5, 0.6) is 0 Å². The van der Waals surface area contributed by atoms with Gasteiger partial charge in [0.2, 0.25) is 11.8 Å². The summed E-state index contributed by atoms with van der Waals surface area (Å²) in [6.07, 6.45) is 0.842. The molecule has 8 nitrogen and oxygen atoms in total. The summed E-state index contributed by atoms with van der Waals surface area (Å²) in [6, 6.07) is -1.66. The molecule has 0 spiro atoms. The van der Waals surface area contributed by atoms with Gasteiger partial charge in [-0.05, 0) is 12.8 Å². The van der Waals surface area contributed by atoms with Crippen LogP contribution in [-0.4, -0.2) is 55.0 Å². The molecule has 22 heavy (non-hydrogen) atoms. The van der Waals surface area contributed by atoms with Crippen LogP contribution in [0.1, 0.15) is 26.2 Å². The zero-order chi connectivity index (χ0) is 16.4. The summed E-state index contributed by atoms with van der Waals surface area (Å²) in [6.45, 7) is 1.28. The van der Waals surface area contributed by atoms with Crippen molar-refractivity contribution in [3.8, 4) is 0 Å². The van der Waals surface area contributed by atoms with Gasteiger partial charge in [0.05, 0.1) is 19.8 Å². The maximum absolute atomic E-state index is 12.5. The number of nitrogens with zero attached hydrogens (tertiary/aromatic N) is 1. The fourth-order valence-electron chi connectivity index (χ4n) is 2.91. The molecule has 0 unspecified atom stereocenters. The van der Waals surface area contributed by atoms with Crippen LogP contribution >= 0.6 is 0 Å². The quantitative estimate of drug-likeness (QED) is 0.704. The number of hydrogen-bond donors (Lipinski definition) is 1. The minimum absolute atomic E-state index is 0.0603. The highest BCUT2D eigenvalue weighted by Crippen LogP contribution is 2.36. The van der Waals surface area contributed by atoms with Gasteiger partial charge >= 0.3 is 11.9 Å². The lowest BCUT2D eigenvalue weighted by Gasteiger charge is -2.34. The van der Waals surface area contributed by atoms with Crippen molar-refractivity contribution in [2.75, 3.05) is 14.2 Å². The fourth-order valence-corrected chi connectivity index (χ4v) is 2.91. The van der Waals surface area contributed by atoms with Gasteiger partial charge in [0.15, 0.2) is 0 Å². The van der Waals surface area contributed by atoms with Crippen molar-refractivity contribution < 1.29 is 28.7 Å². The molecule has 2 rings (SSSR count). The normalized spacial score (nSPS) is 24.0. The van der Waals surface area contributed by atoms with E-state index in [0.717, 1.165) is 0 Å². The Morgan fingerprint density at radius 3 is 2.45 bits per heavy atom. The van der Waals surface area contributed by atoms with Crippen LogP contribution in [-0.2, 0) is 28.7 Å². The first-order valence-corrected chi connectivity index (χ1v) is 6.89. The minimum Gasteiger partial charge on any atom is -0.467 e. The number of nitrogens with one attached hydrogen (secondary N) is 1. The third-order valence-electron chi connectivity index (χ3n) is 3.83. The molecule has 0 bridgehead atoms. The molecular formula is C14H18N2O6. The van der Waals surface area contributed by atoms with Crippen molar-refractivity contribution in [3.05, 3.63) is 11.3 Å². The lowest BCUT2D eigenvalue weighted by Crippen LogP contribution is -2.54. The Bertz CT molecular complexity index is 568. The average Bonchev–Trinajstić information content (AvgIpc) is 2.93. The highest BCUT2D eigenvalue weighted by atomic mass is 16.5. The van der Waals surface area contributed by atoms with Gasteiger partial charge in [-0.2, -0.15) is 0 Å². The summed E-state index contributed by atoms with van der Waals surface area (Å²) in [5.74, 6) is -1.91. The van der Waals surface area contributed by atoms with Crippen LogP contribution in [0.4, 0.5) is 0 Å². The minimum atomic E-state index is -0.888. The Kier molecular flexibility index (Phi) is 4.48. The lowest BCUT2D eigenvalue weighted by atomic mass is 9.97. The van der Waals surface area contributed by atoms with Crippen molar-refractivity contribution >= 4 is 23.8 Å². The SMILES string of the molecule is COC(=O)C1=C2CC[C@@H](C(=O)OC)N2C(=O)[C@@H](NC(C)=O)C1. The number of methoxy groups -OCH3 is 2. The summed E-state index contributed by atoms with van der Waals surface area (Å²) in [5, 5.41) is 2.51. The van der Waals surface area contributed by atoms with Crippen molar-refractivity contribution in [1.82, 2.24) is 10.2 Å². The van der Waals surface area contributed by atoms with Crippen LogP contribution in [0, 0.1) is 0 Å². The zero-order valence-corrected chi connectivity index (χ0v) is 12.7. The standard InChI is InChI=1S/C14H18N2O6/c1-7(17)15-9-6-8(13(19)21-2)10-4-5-11(14(20)22-3)16(10)12(9)18/h9,11H,4-6H2,1-3H3,(H,15,17)/t9-,11-/m0/s1. The molecule has 0 radical (unpaired) electrons. The van der Waals surface area contributed by atoms with E-state index in [1.54, 1.807) is 0 Å². The number of carbonyl (C=O) groups excluding carboxylic acids is 4. The van der Waals surface area contributed by atoms with Gasteiger partial charge in [0.1, 0.15) is 12.1 Å². The van der Waals surface area contributed by atoms with E-state index in [4.69, 9.17) is 9.47 Å². The van der Waals surface area contributed by atoms with Gasteiger partial charge in [0.25, 0.3) is 0 Å². The summed E-state index contributed by atoms with van der Waals surface area (Å²) in [7, 11) is 2.49. The molecule has 1 fully saturated rings. The molecule has 120 valence electrons. The summed E-state index contributed by atoms with van der Waals surface area (Å²) >= 11 is 0. The molecule has 1 N–H and O–H groups in total. The van der Waals surface area contributed by atoms with Gasteiger partial charge in [0, 0.05) is 19.0 Å². The van der Waals surface area contributed by atoms with Crippen LogP contribution < -0.4 is 5.32 Å². The van der Waals surface area contributed by atoms with Crippen LogP contribution in [0.3, 0.4) is 0 Å². The summed E-state index contributed by atoms with van der Waals surface area (Å²) < 4.78 is 9.46. The Morgan fingerprint density at radius 2 is 1.91 bits per heavy atom. The highest BCUT2D eigenvalue weighted by Gasteiger charge is 2.47. The average molecular weight is 310 g/mol. The van der Waals surface area contributed by atoms with E-state index in [2.05, 4.69) is 5.32 Å². The Hall–Kier alpha value is -2.38. The molecule has 2 aliphatic heterocycles. The number of amides is 2.